The number of anilines is 1. The standard InChI is InChI=1S/C16H23N3O/c1-3-9-18-10-12-19(13-11-18)16(20)17-15-7-5-14(4-2)6-8-15/h3,5-8H,1,4,9-13H2,2H3,(H,17,20). The van der Waals surface area contributed by atoms with Gasteiger partial charge >= 0.3 is 6.03 Å². The first-order valence-electron chi connectivity index (χ1n) is 7.21. The maximum absolute atomic E-state index is 12.2. The molecule has 0 aromatic heterocycles. The second-order valence-corrected chi connectivity index (χ2v) is 5.06. The van der Waals surface area contributed by atoms with E-state index in [4.69, 9.17) is 0 Å². The Labute approximate surface area is 121 Å². The summed E-state index contributed by atoms with van der Waals surface area (Å²) in [5.74, 6) is 0. The van der Waals surface area contributed by atoms with E-state index in [9.17, 15) is 4.79 Å². The van der Waals surface area contributed by atoms with Gasteiger partial charge in [0.1, 0.15) is 0 Å². The molecule has 2 amide bonds. The first-order chi connectivity index (χ1) is 9.72. The maximum atomic E-state index is 12.2. The summed E-state index contributed by atoms with van der Waals surface area (Å²) in [6.07, 6.45) is 2.92. The molecule has 2 rings (SSSR count). The van der Waals surface area contributed by atoms with Gasteiger partial charge in [-0.3, -0.25) is 4.90 Å². The lowest BCUT2D eigenvalue weighted by Gasteiger charge is -2.34. The summed E-state index contributed by atoms with van der Waals surface area (Å²) >= 11 is 0. The van der Waals surface area contributed by atoms with Crippen LogP contribution in [0.1, 0.15) is 12.5 Å². The summed E-state index contributed by atoms with van der Waals surface area (Å²) in [4.78, 5) is 16.3. The molecule has 108 valence electrons. The minimum atomic E-state index is -0.00694. The topological polar surface area (TPSA) is 35.6 Å². The Kier molecular flexibility index (Phi) is 5.18. The van der Waals surface area contributed by atoms with Crippen molar-refractivity contribution < 1.29 is 4.79 Å². The highest BCUT2D eigenvalue weighted by Crippen LogP contribution is 2.11. The molecule has 20 heavy (non-hydrogen) atoms. The highest BCUT2D eigenvalue weighted by Gasteiger charge is 2.20. The van der Waals surface area contributed by atoms with Crippen molar-refractivity contribution in [3.63, 3.8) is 0 Å². The molecule has 4 heteroatoms. The van der Waals surface area contributed by atoms with E-state index in [2.05, 4.69) is 35.9 Å². The van der Waals surface area contributed by atoms with Crippen LogP contribution >= 0.6 is 0 Å². The fourth-order valence-corrected chi connectivity index (χ4v) is 2.34. The summed E-state index contributed by atoms with van der Waals surface area (Å²) in [5, 5.41) is 2.96. The third-order valence-corrected chi connectivity index (χ3v) is 3.66. The maximum Gasteiger partial charge on any atom is 0.321 e. The molecule has 0 unspecified atom stereocenters. The average molecular weight is 273 g/mol. The molecule has 1 heterocycles. The van der Waals surface area contributed by atoms with Gasteiger partial charge in [0.2, 0.25) is 0 Å². The fraction of sp³-hybridized carbons (Fsp3) is 0.438. The molecule has 1 aromatic carbocycles. The lowest BCUT2D eigenvalue weighted by molar-refractivity contribution is 0.156. The summed E-state index contributed by atoms with van der Waals surface area (Å²) in [7, 11) is 0. The number of rotatable bonds is 4. The van der Waals surface area contributed by atoms with Crippen molar-refractivity contribution in [1.82, 2.24) is 9.80 Å². The summed E-state index contributed by atoms with van der Waals surface area (Å²) in [6.45, 7) is 10.1. The van der Waals surface area contributed by atoms with E-state index in [1.54, 1.807) is 0 Å². The Morgan fingerprint density at radius 2 is 1.90 bits per heavy atom. The molecule has 1 aliphatic rings. The number of benzene rings is 1. The van der Waals surface area contributed by atoms with Crippen molar-refractivity contribution in [2.75, 3.05) is 38.0 Å². The molecule has 4 nitrogen and oxygen atoms in total. The molecule has 1 fully saturated rings. The molecule has 1 N–H and O–H groups in total. The molecular weight excluding hydrogens is 250 g/mol. The number of hydrogen-bond acceptors (Lipinski definition) is 2. The van der Waals surface area contributed by atoms with E-state index in [1.165, 1.54) is 5.56 Å². The van der Waals surface area contributed by atoms with Crippen molar-refractivity contribution in [2.45, 2.75) is 13.3 Å². The Bertz CT molecular complexity index is 447. The van der Waals surface area contributed by atoms with Crippen LogP contribution in [-0.2, 0) is 6.42 Å². The monoisotopic (exact) mass is 273 g/mol. The van der Waals surface area contributed by atoms with Crippen LogP contribution in [0.25, 0.3) is 0 Å². The van der Waals surface area contributed by atoms with Gasteiger partial charge in [-0.2, -0.15) is 0 Å². The smallest absolute Gasteiger partial charge is 0.321 e. The van der Waals surface area contributed by atoms with Gasteiger partial charge in [0, 0.05) is 38.4 Å². The van der Waals surface area contributed by atoms with E-state index in [0.717, 1.165) is 44.8 Å². The number of nitrogens with zero attached hydrogens (tertiary/aromatic N) is 2. The van der Waals surface area contributed by atoms with Crippen LogP contribution in [0.5, 0.6) is 0 Å². The number of piperazine rings is 1. The van der Waals surface area contributed by atoms with Crippen molar-refractivity contribution in [2.24, 2.45) is 0 Å². The van der Waals surface area contributed by atoms with E-state index < -0.39 is 0 Å². The van der Waals surface area contributed by atoms with Crippen LogP contribution in [0.3, 0.4) is 0 Å². The number of nitrogens with one attached hydrogen (secondary N) is 1. The summed E-state index contributed by atoms with van der Waals surface area (Å²) in [6, 6.07) is 8.03. The molecule has 1 aromatic rings. The first-order valence-corrected chi connectivity index (χ1v) is 7.21. The third kappa shape index (κ3) is 3.84. The van der Waals surface area contributed by atoms with Crippen LogP contribution in [0.15, 0.2) is 36.9 Å². The third-order valence-electron chi connectivity index (χ3n) is 3.66. The Hall–Kier alpha value is -1.81. The molecule has 0 bridgehead atoms. The van der Waals surface area contributed by atoms with Gasteiger partial charge in [-0.05, 0) is 24.1 Å². The molecule has 0 spiro atoms. The van der Waals surface area contributed by atoms with Crippen LogP contribution in [0.2, 0.25) is 0 Å². The van der Waals surface area contributed by atoms with Gasteiger partial charge in [-0.1, -0.05) is 25.1 Å². The van der Waals surface area contributed by atoms with Gasteiger partial charge in [-0.15, -0.1) is 6.58 Å². The zero-order valence-corrected chi connectivity index (χ0v) is 12.1. The van der Waals surface area contributed by atoms with Crippen molar-refractivity contribution in [3.8, 4) is 0 Å². The van der Waals surface area contributed by atoms with Crippen molar-refractivity contribution >= 4 is 11.7 Å². The van der Waals surface area contributed by atoms with Crippen molar-refractivity contribution in [1.29, 1.82) is 0 Å². The van der Waals surface area contributed by atoms with Crippen molar-refractivity contribution in [3.05, 3.63) is 42.5 Å². The number of hydrogen-bond donors (Lipinski definition) is 1. The molecule has 0 saturated carbocycles. The van der Waals surface area contributed by atoms with Crippen LogP contribution < -0.4 is 5.32 Å². The lowest BCUT2D eigenvalue weighted by Crippen LogP contribution is -2.49. The van der Waals surface area contributed by atoms with Gasteiger partial charge in [0.15, 0.2) is 0 Å². The zero-order chi connectivity index (χ0) is 14.4. The number of urea groups is 1. The first kappa shape index (κ1) is 14.6. The SMILES string of the molecule is C=CCN1CCN(C(=O)Nc2ccc(CC)cc2)CC1. The van der Waals surface area contributed by atoms with E-state index in [1.807, 2.05) is 23.1 Å². The van der Waals surface area contributed by atoms with Gasteiger partial charge in [0.25, 0.3) is 0 Å². The predicted octanol–water partition coefficient (Wildman–Crippen LogP) is 2.58. The number of carbonyl (C=O) groups is 1. The zero-order valence-electron chi connectivity index (χ0n) is 12.1. The van der Waals surface area contributed by atoms with E-state index in [-0.39, 0.29) is 6.03 Å². The summed E-state index contributed by atoms with van der Waals surface area (Å²) < 4.78 is 0. The van der Waals surface area contributed by atoms with Crippen LogP contribution in [0, 0.1) is 0 Å². The van der Waals surface area contributed by atoms with E-state index in [0.29, 0.717) is 0 Å². The Morgan fingerprint density at radius 3 is 2.45 bits per heavy atom. The van der Waals surface area contributed by atoms with Gasteiger partial charge < -0.3 is 10.2 Å². The molecule has 1 aliphatic heterocycles. The van der Waals surface area contributed by atoms with Crippen LogP contribution in [-0.4, -0.2) is 48.6 Å². The second kappa shape index (κ2) is 7.10. The highest BCUT2D eigenvalue weighted by atomic mass is 16.2. The fourth-order valence-electron chi connectivity index (χ4n) is 2.34. The number of aryl methyl sites for hydroxylation is 1. The molecule has 1 saturated heterocycles. The molecule has 0 atom stereocenters. The Morgan fingerprint density at radius 1 is 1.25 bits per heavy atom. The minimum Gasteiger partial charge on any atom is -0.322 e. The lowest BCUT2D eigenvalue weighted by atomic mass is 10.1. The largest absolute Gasteiger partial charge is 0.322 e. The summed E-state index contributed by atoms with van der Waals surface area (Å²) in [5.41, 5.74) is 2.14. The number of amides is 2. The molecule has 0 radical (unpaired) electrons. The van der Waals surface area contributed by atoms with Gasteiger partial charge in [-0.25, -0.2) is 4.79 Å². The molecular formula is C16H23N3O. The predicted molar refractivity (Wildman–Crippen MR) is 83.0 cm³/mol. The minimum absolute atomic E-state index is 0.00694. The highest BCUT2D eigenvalue weighted by molar-refractivity contribution is 5.89. The normalized spacial score (nSPS) is 15.9. The molecule has 0 aliphatic carbocycles. The quantitative estimate of drug-likeness (QED) is 0.856. The second-order valence-electron chi connectivity index (χ2n) is 5.06. The average Bonchev–Trinajstić information content (AvgIpc) is 2.49. The number of carbonyl (C=O) groups excluding carboxylic acids is 1. The van der Waals surface area contributed by atoms with E-state index >= 15 is 0 Å². The Balaban J connectivity index is 1.84. The van der Waals surface area contributed by atoms with Crippen LogP contribution in [0.4, 0.5) is 10.5 Å². The van der Waals surface area contributed by atoms with Gasteiger partial charge in [0.05, 0.1) is 0 Å².